The molecule has 26 heavy (non-hydrogen) atoms. The van der Waals surface area contributed by atoms with E-state index in [0.29, 0.717) is 41.3 Å². The average molecular weight is 389 g/mol. The summed E-state index contributed by atoms with van der Waals surface area (Å²) in [4.78, 5) is 16.9. The quantitative estimate of drug-likeness (QED) is 0.823. The molecule has 1 fully saturated rings. The van der Waals surface area contributed by atoms with E-state index in [9.17, 15) is 18.0 Å². The van der Waals surface area contributed by atoms with Crippen molar-refractivity contribution < 1.29 is 27.4 Å². The number of thiazole rings is 1. The molecule has 1 aliphatic rings. The van der Waals surface area contributed by atoms with E-state index in [2.05, 4.69) is 15.6 Å². The number of benzene rings is 1. The van der Waals surface area contributed by atoms with Crippen LogP contribution in [0.25, 0.3) is 10.2 Å². The summed E-state index contributed by atoms with van der Waals surface area (Å²) in [5.41, 5.74) is -0.328. The number of anilines is 1. The maximum atomic E-state index is 12.6. The second-order valence-electron chi connectivity index (χ2n) is 5.95. The van der Waals surface area contributed by atoms with Gasteiger partial charge in [-0.2, -0.15) is 13.2 Å². The highest BCUT2D eigenvalue weighted by atomic mass is 32.1. The summed E-state index contributed by atoms with van der Waals surface area (Å²) in [6, 6.07) is 4.46. The van der Waals surface area contributed by atoms with Crippen LogP contribution in [-0.2, 0) is 9.53 Å². The summed E-state index contributed by atoms with van der Waals surface area (Å²) >= 11 is 1.17. The topological polar surface area (TPSA) is 72.5 Å². The number of nitrogens with zero attached hydrogens (tertiary/aromatic N) is 1. The normalized spacial score (nSPS) is 17.2. The van der Waals surface area contributed by atoms with Crippen LogP contribution < -0.4 is 15.4 Å². The molecule has 0 bridgehead atoms. The van der Waals surface area contributed by atoms with Crippen LogP contribution in [0.3, 0.4) is 0 Å². The summed E-state index contributed by atoms with van der Waals surface area (Å²) < 4.78 is 47.6. The van der Waals surface area contributed by atoms with Gasteiger partial charge in [0.25, 0.3) is 5.91 Å². The largest absolute Gasteiger partial charge is 0.484 e. The zero-order valence-corrected chi connectivity index (χ0v) is 14.8. The van der Waals surface area contributed by atoms with E-state index >= 15 is 0 Å². The van der Waals surface area contributed by atoms with Crippen LogP contribution in [0, 0.1) is 0 Å². The number of methoxy groups -OCH3 is 1. The van der Waals surface area contributed by atoms with Crippen molar-refractivity contribution in [3.05, 3.63) is 18.2 Å². The minimum absolute atomic E-state index is 0.100. The Labute approximate surface area is 151 Å². The molecule has 2 aromatic rings. The number of hydrogen-bond acceptors (Lipinski definition) is 6. The molecule has 3 rings (SSSR count). The van der Waals surface area contributed by atoms with Crippen LogP contribution in [0.1, 0.15) is 12.8 Å². The van der Waals surface area contributed by atoms with Crippen molar-refractivity contribution in [3.63, 3.8) is 0 Å². The van der Waals surface area contributed by atoms with Gasteiger partial charge in [0, 0.05) is 7.11 Å². The van der Waals surface area contributed by atoms with Gasteiger partial charge in [-0.1, -0.05) is 11.3 Å². The van der Waals surface area contributed by atoms with Crippen LogP contribution in [0.15, 0.2) is 18.2 Å². The van der Waals surface area contributed by atoms with Gasteiger partial charge in [-0.05, 0) is 44.1 Å². The van der Waals surface area contributed by atoms with E-state index in [1.54, 1.807) is 6.07 Å². The number of aromatic nitrogens is 1. The molecule has 1 aromatic heterocycles. The Hall–Kier alpha value is -1.91. The summed E-state index contributed by atoms with van der Waals surface area (Å²) in [5.74, 6) is -0.169. The van der Waals surface area contributed by atoms with Gasteiger partial charge in [-0.25, -0.2) is 4.98 Å². The zero-order valence-electron chi connectivity index (χ0n) is 14.0. The van der Waals surface area contributed by atoms with Gasteiger partial charge < -0.3 is 14.8 Å². The van der Waals surface area contributed by atoms with Crippen LogP contribution in [0.4, 0.5) is 18.3 Å². The SMILES string of the molecule is COC1(C(=O)Nc2nc3ccc(OCC(F)(F)F)cc3s2)CCNCC1. The number of amides is 1. The monoisotopic (exact) mass is 389 g/mol. The molecule has 0 saturated carbocycles. The van der Waals surface area contributed by atoms with E-state index in [4.69, 9.17) is 9.47 Å². The van der Waals surface area contributed by atoms with Crippen LogP contribution in [0.5, 0.6) is 5.75 Å². The number of carbonyl (C=O) groups excluding carboxylic acids is 1. The minimum Gasteiger partial charge on any atom is -0.484 e. The van der Waals surface area contributed by atoms with Gasteiger partial charge in [-0.15, -0.1) is 0 Å². The Kier molecular flexibility index (Phi) is 5.35. The number of halogens is 3. The third-order valence-electron chi connectivity index (χ3n) is 4.20. The molecule has 6 nitrogen and oxygen atoms in total. The number of hydrogen-bond donors (Lipinski definition) is 2. The Morgan fingerprint density at radius 2 is 2.12 bits per heavy atom. The molecular weight excluding hydrogens is 371 g/mol. The van der Waals surface area contributed by atoms with Crippen molar-refractivity contribution in [2.75, 3.05) is 32.1 Å². The highest BCUT2D eigenvalue weighted by molar-refractivity contribution is 7.22. The lowest BCUT2D eigenvalue weighted by Gasteiger charge is -2.34. The van der Waals surface area contributed by atoms with E-state index in [-0.39, 0.29) is 11.7 Å². The molecule has 10 heteroatoms. The molecule has 0 unspecified atom stereocenters. The van der Waals surface area contributed by atoms with E-state index in [1.165, 1.54) is 30.6 Å². The summed E-state index contributed by atoms with van der Waals surface area (Å²) in [6.07, 6.45) is -3.30. The van der Waals surface area contributed by atoms with Crippen molar-refractivity contribution in [1.82, 2.24) is 10.3 Å². The van der Waals surface area contributed by atoms with Gasteiger partial charge in [0.05, 0.1) is 10.2 Å². The van der Waals surface area contributed by atoms with E-state index in [0.717, 1.165) is 0 Å². The number of piperidine rings is 1. The van der Waals surface area contributed by atoms with E-state index in [1.807, 2.05) is 0 Å². The van der Waals surface area contributed by atoms with Crippen molar-refractivity contribution in [2.24, 2.45) is 0 Å². The van der Waals surface area contributed by atoms with Gasteiger partial charge >= 0.3 is 6.18 Å². The lowest BCUT2D eigenvalue weighted by atomic mass is 9.91. The lowest BCUT2D eigenvalue weighted by molar-refractivity contribution is -0.153. The first kappa shape index (κ1) is 18.9. The first-order valence-electron chi connectivity index (χ1n) is 7.99. The number of carbonyl (C=O) groups is 1. The molecule has 1 aliphatic heterocycles. The Morgan fingerprint density at radius 1 is 1.38 bits per heavy atom. The fourth-order valence-corrected chi connectivity index (χ4v) is 3.67. The molecule has 0 aliphatic carbocycles. The molecular formula is C16H18F3N3O3S. The first-order chi connectivity index (χ1) is 12.3. The molecule has 1 amide bonds. The fraction of sp³-hybridized carbons (Fsp3) is 0.500. The fourth-order valence-electron chi connectivity index (χ4n) is 2.78. The predicted octanol–water partition coefficient (Wildman–Crippen LogP) is 2.94. The molecule has 1 aromatic carbocycles. The summed E-state index contributed by atoms with van der Waals surface area (Å²) in [5, 5.41) is 6.31. The maximum absolute atomic E-state index is 12.6. The number of fused-ring (bicyclic) bond motifs is 1. The second-order valence-corrected chi connectivity index (χ2v) is 6.99. The molecule has 2 N–H and O–H groups in total. The Bertz CT molecular complexity index is 788. The molecule has 0 radical (unpaired) electrons. The molecule has 0 atom stereocenters. The third kappa shape index (κ3) is 4.25. The van der Waals surface area contributed by atoms with Gasteiger partial charge in [-0.3, -0.25) is 10.1 Å². The minimum atomic E-state index is -4.40. The Morgan fingerprint density at radius 3 is 2.77 bits per heavy atom. The van der Waals surface area contributed by atoms with Gasteiger partial charge in [0.1, 0.15) is 11.4 Å². The van der Waals surface area contributed by atoms with Gasteiger partial charge in [0.2, 0.25) is 0 Å². The van der Waals surface area contributed by atoms with Gasteiger partial charge in [0.15, 0.2) is 11.7 Å². The highest BCUT2D eigenvalue weighted by Crippen LogP contribution is 2.31. The summed E-state index contributed by atoms with van der Waals surface area (Å²) in [7, 11) is 1.51. The van der Waals surface area contributed by atoms with Crippen molar-refractivity contribution in [3.8, 4) is 5.75 Å². The second kappa shape index (κ2) is 7.37. The van der Waals surface area contributed by atoms with Crippen molar-refractivity contribution in [1.29, 1.82) is 0 Å². The summed E-state index contributed by atoms with van der Waals surface area (Å²) in [6.45, 7) is 0.00726. The first-order valence-corrected chi connectivity index (χ1v) is 8.80. The van der Waals surface area contributed by atoms with Crippen molar-refractivity contribution in [2.45, 2.75) is 24.6 Å². The molecule has 2 heterocycles. The zero-order chi connectivity index (χ0) is 18.8. The number of alkyl halides is 3. The van der Waals surface area contributed by atoms with Crippen LogP contribution >= 0.6 is 11.3 Å². The van der Waals surface area contributed by atoms with Crippen molar-refractivity contribution >= 4 is 32.6 Å². The number of nitrogens with one attached hydrogen (secondary N) is 2. The number of rotatable bonds is 5. The molecule has 0 spiro atoms. The third-order valence-corrected chi connectivity index (χ3v) is 5.13. The van der Waals surface area contributed by atoms with E-state index < -0.39 is 18.4 Å². The smallest absolute Gasteiger partial charge is 0.422 e. The molecule has 1 saturated heterocycles. The standard InChI is InChI=1S/C16H18F3N3O3S/c1-24-15(4-6-20-7-5-15)13(23)22-14-21-11-3-2-10(8-12(11)26-14)25-9-16(17,18)19/h2-3,8,20H,4-7,9H2,1H3,(H,21,22,23). The average Bonchev–Trinajstić information content (AvgIpc) is 3.01. The number of ether oxygens (including phenoxy) is 2. The van der Waals surface area contributed by atoms with Crippen LogP contribution in [-0.4, -0.2) is 49.5 Å². The van der Waals surface area contributed by atoms with Crippen LogP contribution in [0.2, 0.25) is 0 Å². The maximum Gasteiger partial charge on any atom is 0.422 e. The molecule has 142 valence electrons. The Balaban J connectivity index is 1.73. The predicted molar refractivity (Wildman–Crippen MR) is 91.6 cm³/mol. The highest BCUT2D eigenvalue weighted by Gasteiger charge is 2.40. The lowest BCUT2D eigenvalue weighted by Crippen LogP contribution is -2.51.